The minimum Gasteiger partial charge on any atom is -0.458 e. The number of nitrogen functional groups attached to an aromatic ring is 1. The SMILES string of the molecule is C=Cc1coc(C(=O)NN)c1-c1ccccc1. The van der Waals surface area contributed by atoms with Crippen molar-refractivity contribution in [2.45, 2.75) is 0 Å². The number of furan rings is 1. The summed E-state index contributed by atoms with van der Waals surface area (Å²) in [6.45, 7) is 3.69. The van der Waals surface area contributed by atoms with Crippen LogP contribution in [0, 0.1) is 0 Å². The highest BCUT2D eigenvalue weighted by Gasteiger charge is 2.19. The smallest absolute Gasteiger partial charge is 0.301 e. The number of amides is 1. The zero-order valence-electron chi connectivity index (χ0n) is 9.14. The zero-order valence-corrected chi connectivity index (χ0v) is 9.14. The molecule has 4 nitrogen and oxygen atoms in total. The molecule has 1 aromatic heterocycles. The maximum atomic E-state index is 11.6. The molecule has 0 spiro atoms. The van der Waals surface area contributed by atoms with Gasteiger partial charge in [-0.2, -0.15) is 0 Å². The lowest BCUT2D eigenvalue weighted by Gasteiger charge is -2.03. The van der Waals surface area contributed by atoms with Gasteiger partial charge in [0.05, 0.1) is 6.26 Å². The van der Waals surface area contributed by atoms with Crippen molar-refractivity contribution in [1.82, 2.24) is 5.43 Å². The highest BCUT2D eigenvalue weighted by Crippen LogP contribution is 2.30. The van der Waals surface area contributed by atoms with Crippen molar-refractivity contribution in [2.24, 2.45) is 5.84 Å². The Labute approximate surface area is 98.7 Å². The van der Waals surface area contributed by atoms with Gasteiger partial charge in [0.15, 0.2) is 0 Å². The quantitative estimate of drug-likeness (QED) is 0.480. The Balaban J connectivity index is 2.61. The highest BCUT2D eigenvalue weighted by molar-refractivity contribution is 6.00. The first kappa shape index (κ1) is 11.2. The zero-order chi connectivity index (χ0) is 12.3. The monoisotopic (exact) mass is 228 g/mol. The van der Waals surface area contributed by atoms with Gasteiger partial charge in [-0.25, -0.2) is 5.84 Å². The van der Waals surface area contributed by atoms with E-state index in [-0.39, 0.29) is 5.76 Å². The van der Waals surface area contributed by atoms with E-state index >= 15 is 0 Å². The summed E-state index contributed by atoms with van der Waals surface area (Å²) in [5.74, 6) is 4.84. The lowest BCUT2D eigenvalue weighted by atomic mass is 10.0. The Hall–Kier alpha value is -2.33. The third-order valence-electron chi connectivity index (χ3n) is 2.44. The molecule has 0 unspecified atom stereocenters. The van der Waals surface area contributed by atoms with Crippen molar-refractivity contribution in [3.63, 3.8) is 0 Å². The van der Waals surface area contributed by atoms with Gasteiger partial charge in [0.1, 0.15) is 0 Å². The summed E-state index contributed by atoms with van der Waals surface area (Å²) >= 11 is 0. The van der Waals surface area contributed by atoms with Crippen LogP contribution in [0.1, 0.15) is 16.1 Å². The molecule has 0 aliphatic rings. The number of hydrazine groups is 1. The summed E-state index contributed by atoms with van der Waals surface area (Å²) < 4.78 is 5.23. The first-order valence-electron chi connectivity index (χ1n) is 5.08. The Kier molecular flexibility index (Phi) is 3.07. The van der Waals surface area contributed by atoms with Gasteiger partial charge in [-0.3, -0.25) is 10.2 Å². The molecule has 0 saturated carbocycles. The fraction of sp³-hybridized carbons (Fsp3) is 0. The summed E-state index contributed by atoms with van der Waals surface area (Å²) in [6, 6.07) is 9.47. The van der Waals surface area contributed by atoms with Gasteiger partial charge in [-0.1, -0.05) is 43.0 Å². The summed E-state index contributed by atoms with van der Waals surface area (Å²) in [7, 11) is 0. The third kappa shape index (κ3) is 1.98. The molecule has 4 heteroatoms. The van der Waals surface area contributed by atoms with Crippen molar-refractivity contribution in [3.8, 4) is 11.1 Å². The van der Waals surface area contributed by atoms with Gasteiger partial charge >= 0.3 is 5.91 Å². The van der Waals surface area contributed by atoms with Crippen LogP contribution in [0.25, 0.3) is 17.2 Å². The Bertz CT molecular complexity index is 544. The molecule has 0 fully saturated rings. The first-order chi connectivity index (χ1) is 8.27. The van der Waals surface area contributed by atoms with Crippen molar-refractivity contribution >= 4 is 12.0 Å². The number of hydrogen-bond acceptors (Lipinski definition) is 3. The molecule has 17 heavy (non-hydrogen) atoms. The molecule has 1 heterocycles. The molecular weight excluding hydrogens is 216 g/mol. The van der Waals surface area contributed by atoms with Crippen molar-refractivity contribution in [3.05, 3.63) is 54.5 Å². The second kappa shape index (κ2) is 4.67. The fourth-order valence-electron chi connectivity index (χ4n) is 1.66. The van der Waals surface area contributed by atoms with Gasteiger partial charge < -0.3 is 4.42 Å². The van der Waals surface area contributed by atoms with Gasteiger partial charge in [-0.15, -0.1) is 0 Å². The number of rotatable bonds is 3. The number of benzene rings is 1. The van der Waals surface area contributed by atoms with Crippen molar-refractivity contribution < 1.29 is 9.21 Å². The molecule has 1 aromatic carbocycles. The van der Waals surface area contributed by atoms with Crippen LogP contribution >= 0.6 is 0 Å². The summed E-state index contributed by atoms with van der Waals surface area (Å²) in [6.07, 6.45) is 3.12. The van der Waals surface area contributed by atoms with Gasteiger partial charge in [0.2, 0.25) is 5.76 Å². The lowest BCUT2D eigenvalue weighted by Crippen LogP contribution is -2.30. The molecule has 0 saturated heterocycles. The van der Waals surface area contributed by atoms with E-state index in [1.807, 2.05) is 30.3 Å². The van der Waals surface area contributed by atoms with E-state index in [1.54, 1.807) is 6.08 Å². The molecule has 1 amide bonds. The van der Waals surface area contributed by atoms with Gasteiger partial charge in [-0.05, 0) is 5.56 Å². The number of nitrogens with one attached hydrogen (secondary N) is 1. The Morgan fingerprint density at radius 2 is 2.06 bits per heavy atom. The highest BCUT2D eigenvalue weighted by atomic mass is 16.3. The number of carbonyl (C=O) groups is 1. The lowest BCUT2D eigenvalue weighted by molar-refractivity contribution is 0.0927. The van der Waals surface area contributed by atoms with Crippen molar-refractivity contribution in [2.75, 3.05) is 0 Å². The van der Waals surface area contributed by atoms with E-state index in [9.17, 15) is 4.79 Å². The van der Waals surface area contributed by atoms with Crippen LogP contribution in [0.5, 0.6) is 0 Å². The van der Waals surface area contributed by atoms with Crippen LogP contribution < -0.4 is 11.3 Å². The average Bonchev–Trinajstić information content (AvgIpc) is 2.82. The minimum absolute atomic E-state index is 0.189. The fourth-order valence-corrected chi connectivity index (χ4v) is 1.66. The van der Waals surface area contributed by atoms with Crippen LogP contribution in [0.4, 0.5) is 0 Å². The van der Waals surface area contributed by atoms with Crippen molar-refractivity contribution in [1.29, 1.82) is 0 Å². The second-order valence-electron chi connectivity index (χ2n) is 3.44. The molecule has 2 rings (SSSR count). The standard InChI is InChI=1S/C13H12N2O2/c1-2-9-8-17-12(13(16)15-14)11(9)10-6-4-3-5-7-10/h2-8H,1,14H2,(H,15,16). The van der Waals surface area contributed by atoms with E-state index in [0.717, 1.165) is 11.1 Å². The molecule has 3 N–H and O–H groups in total. The van der Waals surface area contributed by atoms with E-state index in [1.165, 1.54) is 6.26 Å². The van der Waals surface area contributed by atoms with Crippen LogP contribution in [0.2, 0.25) is 0 Å². The molecule has 0 aliphatic carbocycles. The van der Waals surface area contributed by atoms with Crippen LogP contribution in [0.3, 0.4) is 0 Å². The maximum absolute atomic E-state index is 11.6. The molecule has 2 aromatic rings. The second-order valence-corrected chi connectivity index (χ2v) is 3.44. The predicted molar refractivity (Wildman–Crippen MR) is 65.9 cm³/mol. The van der Waals surface area contributed by atoms with Gasteiger partial charge in [0.25, 0.3) is 0 Å². The maximum Gasteiger partial charge on any atom is 0.301 e. The number of nitrogens with two attached hydrogens (primary N) is 1. The van der Waals surface area contributed by atoms with Crippen LogP contribution in [-0.2, 0) is 0 Å². The normalized spacial score (nSPS) is 9.94. The minimum atomic E-state index is -0.461. The number of hydrogen-bond donors (Lipinski definition) is 2. The molecule has 86 valence electrons. The summed E-state index contributed by atoms with van der Waals surface area (Å²) in [4.78, 5) is 11.6. The summed E-state index contributed by atoms with van der Waals surface area (Å²) in [5, 5.41) is 0. The Morgan fingerprint density at radius 1 is 1.35 bits per heavy atom. The van der Waals surface area contributed by atoms with E-state index in [4.69, 9.17) is 10.3 Å². The van der Waals surface area contributed by atoms with Crippen LogP contribution in [0.15, 0.2) is 47.6 Å². The average molecular weight is 228 g/mol. The number of carbonyl (C=O) groups excluding carboxylic acids is 1. The molecule has 0 radical (unpaired) electrons. The molecule has 0 aliphatic heterocycles. The molecular formula is C13H12N2O2. The largest absolute Gasteiger partial charge is 0.458 e. The van der Waals surface area contributed by atoms with Crippen LogP contribution in [-0.4, -0.2) is 5.91 Å². The van der Waals surface area contributed by atoms with E-state index in [2.05, 4.69) is 12.0 Å². The first-order valence-corrected chi connectivity index (χ1v) is 5.08. The third-order valence-corrected chi connectivity index (χ3v) is 2.44. The Morgan fingerprint density at radius 3 is 2.65 bits per heavy atom. The summed E-state index contributed by atoms with van der Waals surface area (Å²) in [5.41, 5.74) is 4.40. The topological polar surface area (TPSA) is 68.3 Å². The predicted octanol–water partition coefficient (Wildman–Crippen LogP) is 2.19. The van der Waals surface area contributed by atoms with E-state index < -0.39 is 5.91 Å². The molecule has 0 atom stereocenters. The van der Waals surface area contributed by atoms with Gasteiger partial charge in [0, 0.05) is 11.1 Å². The molecule has 0 bridgehead atoms. The van der Waals surface area contributed by atoms with E-state index in [0.29, 0.717) is 5.56 Å².